The average molecular weight is 162 g/mol. The van der Waals surface area contributed by atoms with Crippen LogP contribution in [-0.2, 0) is 5.88 Å². The zero-order valence-electron chi connectivity index (χ0n) is 4.43. The van der Waals surface area contributed by atoms with Gasteiger partial charge in [0.15, 0.2) is 6.33 Å². The molecule has 0 amide bonds. The lowest BCUT2D eigenvalue weighted by molar-refractivity contribution is 1.07. The van der Waals surface area contributed by atoms with Crippen molar-refractivity contribution >= 4 is 23.2 Å². The van der Waals surface area contributed by atoms with Gasteiger partial charge in [0.2, 0.25) is 0 Å². The number of rotatable bonds is 1. The summed E-state index contributed by atoms with van der Waals surface area (Å²) in [4.78, 5) is 7.26. The Kier molecular flexibility index (Phi) is 2.25. The number of hydrogen-bond acceptors (Lipinski definition) is 2. The van der Waals surface area contributed by atoms with Crippen LogP contribution in [0.3, 0.4) is 0 Å². The van der Waals surface area contributed by atoms with E-state index in [1.807, 2.05) is 0 Å². The van der Waals surface area contributed by atoms with Gasteiger partial charge in [-0.3, -0.25) is 0 Å². The van der Waals surface area contributed by atoms with Crippen molar-refractivity contribution in [3.05, 3.63) is 23.2 Å². The first-order valence-corrected chi connectivity index (χ1v) is 3.19. The van der Waals surface area contributed by atoms with Crippen molar-refractivity contribution in [2.75, 3.05) is 0 Å². The predicted octanol–water partition coefficient (Wildman–Crippen LogP) is 1.67. The standard InChI is InChI=1S/C5H3Cl2N2/c6-2-4-1-5(7)9-3-8-4/h1H,2H2. The highest BCUT2D eigenvalue weighted by atomic mass is 35.5. The fourth-order valence-electron chi connectivity index (χ4n) is 0.407. The van der Waals surface area contributed by atoms with Crippen molar-refractivity contribution in [2.24, 2.45) is 0 Å². The highest BCUT2D eigenvalue weighted by Gasteiger charge is 1.92. The van der Waals surface area contributed by atoms with Crippen LogP contribution in [0.15, 0.2) is 6.07 Å². The molecule has 0 N–H and O–H groups in total. The summed E-state index contributed by atoms with van der Waals surface area (Å²) in [5, 5.41) is 0.376. The minimum absolute atomic E-state index is 0.346. The first-order valence-electron chi connectivity index (χ1n) is 2.28. The Morgan fingerprint density at radius 1 is 1.56 bits per heavy atom. The van der Waals surface area contributed by atoms with Gasteiger partial charge in [-0.25, -0.2) is 9.97 Å². The molecule has 47 valence electrons. The Balaban J connectivity index is 2.94. The van der Waals surface area contributed by atoms with E-state index in [2.05, 4.69) is 16.3 Å². The van der Waals surface area contributed by atoms with E-state index in [1.54, 1.807) is 6.07 Å². The molecule has 9 heavy (non-hydrogen) atoms. The summed E-state index contributed by atoms with van der Waals surface area (Å²) in [6.45, 7) is 0. The van der Waals surface area contributed by atoms with Gasteiger partial charge in [-0.05, 0) is 6.07 Å². The summed E-state index contributed by atoms with van der Waals surface area (Å²) < 4.78 is 0. The van der Waals surface area contributed by atoms with Gasteiger partial charge in [0.1, 0.15) is 5.15 Å². The fraction of sp³-hybridized carbons (Fsp3) is 0.200. The Morgan fingerprint density at radius 3 is 2.78 bits per heavy atom. The van der Waals surface area contributed by atoms with Crippen LogP contribution < -0.4 is 0 Å². The second-order valence-corrected chi connectivity index (χ2v) is 2.07. The third-order valence-corrected chi connectivity index (χ3v) is 1.24. The molecule has 0 atom stereocenters. The van der Waals surface area contributed by atoms with Gasteiger partial charge in [-0.15, -0.1) is 11.6 Å². The minimum atomic E-state index is 0.346. The lowest BCUT2D eigenvalue weighted by atomic mass is 10.5. The van der Waals surface area contributed by atoms with Crippen LogP contribution in [0.4, 0.5) is 0 Å². The molecule has 1 radical (unpaired) electrons. The molecular weight excluding hydrogens is 159 g/mol. The second-order valence-electron chi connectivity index (χ2n) is 1.42. The average Bonchev–Trinajstić information content (AvgIpc) is 1.88. The molecule has 0 saturated heterocycles. The summed E-state index contributed by atoms with van der Waals surface area (Å²) in [5.41, 5.74) is 0.691. The van der Waals surface area contributed by atoms with E-state index < -0.39 is 0 Å². The number of hydrogen-bond donors (Lipinski definition) is 0. The predicted molar refractivity (Wildman–Crippen MR) is 35.4 cm³/mol. The van der Waals surface area contributed by atoms with Gasteiger partial charge in [0, 0.05) is 0 Å². The van der Waals surface area contributed by atoms with Crippen molar-refractivity contribution < 1.29 is 0 Å². The third kappa shape index (κ3) is 1.80. The maximum Gasteiger partial charge on any atom is 0.199 e. The van der Waals surface area contributed by atoms with E-state index in [-0.39, 0.29) is 0 Å². The first-order chi connectivity index (χ1) is 4.33. The van der Waals surface area contributed by atoms with Crippen LogP contribution in [0.25, 0.3) is 0 Å². The number of nitrogens with zero attached hydrogens (tertiary/aromatic N) is 2. The summed E-state index contributed by atoms with van der Waals surface area (Å²) in [7, 11) is 0. The molecule has 4 heteroatoms. The third-order valence-electron chi connectivity index (χ3n) is 0.773. The monoisotopic (exact) mass is 161 g/mol. The van der Waals surface area contributed by atoms with Crippen molar-refractivity contribution in [1.82, 2.24) is 9.97 Å². The topological polar surface area (TPSA) is 25.8 Å². The van der Waals surface area contributed by atoms with Crippen LogP contribution in [0.1, 0.15) is 5.69 Å². The molecule has 0 aliphatic heterocycles. The highest BCUT2D eigenvalue weighted by molar-refractivity contribution is 6.29. The van der Waals surface area contributed by atoms with E-state index in [1.165, 1.54) is 0 Å². The van der Waals surface area contributed by atoms with Crippen LogP contribution >= 0.6 is 23.2 Å². The van der Waals surface area contributed by atoms with Gasteiger partial charge in [0.05, 0.1) is 11.6 Å². The summed E-state index contributed by atoms with van der Waals surface area (Å²) in [6.07, 6.45) is 2.36. The van der Waals surface area contributed by atoms with Crippen molar-refractivity contribution in [2.45, 2.75) is 5.88 Å². The van der Waals surface area contributed by atoms with Gasteiger partial charge < -0.3 is 0 Å². The second kappa shape index (κ2) is 2.99. The van der Waals surface area contributed by atoms with E-state index in [4.69, 9.17) is 23.2 Å². The SMILES string of the molecule is ClCc1cc(Cl)n[c]n1. The first kappa shape index (κ1) is 6.78. The van der Waals surface area contributed by atoms with Crippen LogP contribution in [0.2, 0.25) is 5.15 Å². The maximum atomic E-state index is 5.48. The summed E-state index contributed by atoms with van der Waals surface area (Å²) >= 11 is 10.9. The van der Waals surface area contributed by atoms with E-state index >= 15 is 0 Å². The minimum Gasteiger partial charge on any atom is -0.229 e. The quantitative estimate of drug-likeness (QED) is 0.463. The maximum absolute atomic E-state index is 5.48. The Hall–Kier alpha value is -0.340. The zero-order valence-corrected chi connectivity index (χ0v) is 5.95. The molecule has 1 aromatic rings. The fourth-order valence-corrected chi connectivity index (χ4v) is 0.708. The van der Waals surface area contributed by atoms with Gasteiger partial charge in [-0.1, -0.05) is 11.6 Å². The molecule has 0 aromatic carbocycles. The Labute approximate surface area is 62.8 Å². The lowest BCUT2D eigenvalue weighted by Crippen LogP contribution is -1.85. The van der Waals surface area contributed by atoms with Crippen molar-refractivity contribution in [3.8, 4) is 0 Å². The van der Waals surface area contributed by atoms with Crippen LogP contribution in [0.5, 0.6) is 0 Å². The molecular formula is C5H3Cl2N2. The summed E-state index contributed by atoms with van der Waals surface area (Å²) in [5.74, 6) is 0.346. The largest absolute Gasteiger partial charge is 0.229 e. The summed E-state index contributed by atoms with van der Waals surface area (Å²) in [6, 6.07) is 1.60. The van der Waals surface area contributed by atoms with E-state index in [9.17, 15) is 0 Å². The van der Waals surface area contributed by atoms with Crippen molar-refractivity contribution in [1.29, 1.82) is 0 Å². The molecule has 1 aromatic heterocycles. The number of alkyl halides is 1. The van der Waals surface area contributed by atoms with Crippen molar-refractivity contribution in [3.63, 3.8) is 0 Å². The van der Waals surface area contributed by atoms with Crippen LogP contribution in [0, 0.1) is 6.33 Å². The van der Waals surface area contributed by atoms with Gasteiger partial charge in [0.25, 0.3) is 0 Å². The molecule has 0 saturated carbocycles. The Morgan fingerprint density at radius 2 is 2.33 bits per heavy atom. The smallest absolute Gasteiger partial charge is 0.199 e. The van der Waals surface area contributed by atoms with Crippen LogP contribution in [-0.4, -0.2) is 9.97 Å². The van der Waals surface area contributed by atoms with E-state index in [0.29, 0.717) is 16.7 Å². The molecule has 2 nitrogen and oxygen atoms in total. The highest BCUT2D eigenvalue weighted by Crippen LogP contribution is 2.04. The molecule has 0 bridgehead atoms. The van der Waals surface area contributed by atoms with Gasteiger partial charge in [-0.2, -0.15) is 0 Å². The Bertz CT molecular complexity index is 202. The van der Waals surface area contributed by atoms with Gasteiger partial charge >= 0.3 is 0 Å². The molecule has 0 aliphatic carbocycles. The molecule has 0 spiro atoms. The molecule has 0 aliphatic rings. The van der Waals surface area contributed by atoms with E-state index in [0.717, 1.165) is 0 Å². The zero-order chi connectivity index (χ0) is 6.69. The number of halogens is 2. The number of aromatic nitrogens is 2. The molecule has 0 unspecified atom stereocenters. The lowest BCUT2D eigenvalue weighted by Gasteiger charge is -1.89. The molecule has 1 rings (SSSR count). The molecule has 0 fully saturated rings. The normalized spacial score (nSPS) is 9.56. The molecule has 1 heterocycles.